The molecule has 1 unspecified atom stereocenters. The molecule has 3 heteroatoms. The summed E-state index contributed by atoms with van der Waals surface area (Å²) in [5.41, 5.74) is 0.793. The van der Waals surface area contributed by atoms with Gasteiger partial charge in [-0.1, -0.05) is 19.8 Å². The predicted molar refractivity (Wildman–Crippen MR) is 68.1 cm³/mol. The van der Waals surface area contributed by atoms with Crippen LogP contribution in [-0.2, 0) is 0 Å². The van der Waals surface area contributed by atoms with Crippen LogP contribution in [0.4, 0.5) is 0 Å². The molecular formula is C13H19NOS. The molecule has 1 aromatic rings. The third kappa shape index (κ3) is 2.20. The average molecular weight is 237 g/mol. The molecule has 1 aromatic heterocycles. The van der Waals surface area contributed by atoms with Crippen molar-refractivity contribution in [2.24, 2.45) is 5.41 Å². The first-order valence-electron chi connectivity index (χ1n) is 6.06. The highest BCUT2D eigenvalue weighted by atomic mass is 32.1. The first-order valence-corrected chi connectivity index (χ1v) is 7.00. The summed E-state index contributed by atoms with van der Waals surface area (Å²) < 4.78 is 0. The van der Waals surface area contributed by atoms with Crippen LogP contribution in [0.3, 0.4) is 0 Å². The summed E-state index contributed by atoms with van der Waals surface area (Å²) in [5.74, 6) is 0.354. The summed E-state index contributed by atoms with van der Waals surface area (Å²) in [6, 6.07) is 1.96. The van der Waals surface area contributed by atoms with Gasteiger partial charge in [-0.15, -0.1) is 0 Å². The van der Waals surface area contributed by atoms with E-state index in [1.165, 1.54) is 6.42 Å². The van der Waals surface area contributed by atoms with E-state index >= 15 is 0 Å². The molecule has 1 aliphatic heterocycles. The number of hydrogen-bond acceptors (Lipinski definition) is 3. The largest absolute Gasteiger partial charge is 0.316 e. The van der Waals surface area contributed by atoms with E-state index in [1.54, 1.807) is 11.3 Å². The lowest BCUT2D eigenvalue weighted by Gasteiger charge is -2.26. The van der Waals surface area contributed by atoms with Crippen molar-refractivity contribution in [1.29, 1.82) is 0 Å². The third-order valence-electron chi connectivity index (χ3n) is 3.52. The van der Waals surface area contributed by atoms with E-state index in [9.17, 15) is 4.79 Å². The minimum absolute atomic E-state index is 0.114. The number of rotatable bonds is 5. The van der Waals surface area contributed by atoms with Crippen LogP contribution in [0.15, 0.2) is 16.8 Å². The number of nitrogens with one attached hydrogen (secondary N) is 1. The molecule has 1 N–H and O–H groups in total. The lowest BCUT2D eigenvalue weighted by molar-refractivity contribution is 0.0800. The second kappa shape index (κ2) is 5.11. The second-order valence-corrected chi connectivity index (χ2v) is 5.43. The maximum Gasteiger partial charge on any atom is 0.171 e. The second-order valence-electron chi connectivity index (χ2n) is 4.65. The van der Waals surface area contributed by atoms with Gasteiger partial charge in [-0.25, -0.2) is 0 Å². The lowest BCUT2D eigenvalue weighted by atomic mass is 9.76. The quantitative estimate of drug-likeness (QED) is 0.797. The van der Waals surface area contributed by atoms with Gasteiger partial charge in [-0.3, -0.25) is 4.79 Å². The highest BCUT2D eigenvalue weighted by molar-refractivity contribution is 7.08. The van der Waals surface area contributed by atoms with E-state index in [0.717, 1.165) is 37.9 Å². The Labute approximate surface area is 101 Å². The van der Waals surface area contributed by atoms with Crippen molar-refractivity contribution in [3.05, 3.63) is 22.4 Å². The summed E-state index contributed by atoms with van der Waals surface area (Å²) >= 11 is 1.61. The Morgan fingerprint density at radius 1 is 1.62 bits per heavy atom. The highest BCUT2D eigenvalue weighted by Gasteiger charge is 2.40. The molecule has 0 radical (unpaired) electrons. The molecule has 88 valence electrons. The molecule has 0 bridgehead atoms. The van der Waals surface area contributed by atoms with Gasteiger partial charge in [0, 0.05) is 22.9 Å². The molecule has 1 saturated heterocycles. The van der Waals surface area contributed by atoms with Crippen LogP contribution >= 0.6 is 11.3 Å². The Morgan fingerprint density at radius 2 is 2.50 bits per heavy atom. The van der Waals surface area contributed by atoms with E-state index in [0.29, 0.717) is 5.78 Å². The summed E-state index contributed by atoms with van der Waals surface area (Å²) in [7, 11) is 0. The zero-order valence-electron chi connectivity index (χ0n) is 9.79. The number of Topliss-reactive ketones (excluding diaryl/α,β-unsaturated/α-hetero) is 1. The van der Waals surface area contributed by atoms with E-state index in [4.69, 9.17) is 0 Å². The maximum absolute atomic E-state index is 12.5. The van der Waals surface area contributed by atoms with Gasteiger partial charge in [-0.05, 0) is 30.8 Å². The van der Waals surface area contributed by atoms with Crippen molar-refractivity contribution in [3.63, 3.8) is 0 Å². The van der Waals surface area contributed by atoms with E-state index < -0.39 is 0 Å². The van der Waals surface area contributed by atoms with Gasteiger partial charge in [0.2, 0.25) is 0 Å². The van der Waals surface area contributed by atoms with Crippen molar-refractivity contribution >= 4 is 17.1 Å². The lowest BCUT2D eigenvalue weighted by Crippen LogP contribution is -2.33. The van der Waals surface area contributed by atoms with Crippen molar-refractivity contribution < 1.29 is 4.79 Å². The number of hydrogen-bond donors (Lipinski definition) is 1. The van der Waals surface area contributed by atoms with E-state index in [-0.39, 0.29) is 5.41 Å². The fourth-order valence-electron chi connectivity index (χ4n) is 2.48. The van der Waals surface area contributed by atoms with Gasteiger partial charge in [0.05, 0.1) is 0 Å². The van der Waals surface area contributed by atoms with Gasteiger partial charge < -0.3 is 5.32 Å². The van der Waals surface area contributed by atoms with E-state index in [1.807, 2.05) is 16.8 Å². The molecule has 2 heterocycles. The van der Waals surface area contributed by atoms with Gasteiger partial charge >= 0.3 is 0 Å². The molecule has 1 fully saturated rings. The van der Waals surface area contributed by atoms with Gasteiger partial charge in [0.25, 0.3) is 0 Å². The summed E-state index contributed by atoms with van der Waals surface area (Å²) in [5, 5.41) is 7.32. The normalized spacial score (nSPS) is 24.8. The van der Waals surface area contributed by atoms with Gasteiger partial charge in [-0.2, -0.15) is 11.3 Å². The third-order valence-corrected chi connectivity index (χ3v) is 4.20. The Hall–Kier alpha value is -0.670. The van der Waals surface area contributed by atoms with Gasteiger partial charge in [0.15, 0.2) is 5.78 Å². The molecular weight excluding hydrogens is 218 g/mol. The SMILES string of the molecule is CCCCC1(C(=O)c2ccsc2)CCNC1. The monoisotopic (exact) mass is 237 g/mol. The molecule has 1 atom stereocenters. The number of unbranched alkanes of at least 4 members (excludes halogenated alkanes) is 1. The Bertz CT molecular complexity index is 339. The molecule has 1 aliphatic rings. The fraction of sp³-hybridized carbons (Fsp3) is 0.615. The number of carbonyl (C=O) groups excluding carboxylic acids is 1. The Kier molecular flexibility index (Phi) is 3.77. The molecule has 0 amide bonds. The zero-order valence-corrected chi connectivity index (χ0v) is 10.6. The maximum atomic E-state index is 12.5. The van der Waals surface area contributed by atoms with Crippen molar-refractivity contribution in [3.8, 4) is 0 Å². The highest BCUT2D eigenvalue weighted by Crippen LogP contribution is 2.35. The summed E-state index contributed by atoms with van der Waals surface area (Å²) in [6.07, 6.45) is 4.35. The minimum atomic E-state index is -0.114. The van der Waals surface area contributed by atoms with Crippen molar-refractivity contribution in [1.82, 2.24) is 5.32 Å². The number of thiophene rings is 1. The van der Waals surface area contributed by atoms with Crippen molar-refractivity contribution in [2.45, 2.75) is 32.6 Å². The first kappa shape index (κ1) is 11.8. The van der Waals surface area contributed by atoms with Crippen molar-refractivity contribution in [2.75, 3.05) is 13.1 Å². The smallest absolute Gasteiger partial charge is 0.171 e. The van der Waals surface area contributed by atoms with Gasteiger partial charge in [0.1, 0.15) is 0 Å². The molecule has 2 nitrogen and oxygen atoms in total. The zero-order chi connectivity index (χ0) is 11.4. The Morgan fingerprint density at radius 3 is 3.06 bits per heavy atom. The molecule has 0 spiro atoms. The fourth-order valence-corrected chi connectivity index (χ4v) is 3.12. The van der Waals surface area contributed by atoms with Crippen LogP contribution < -0.4 is 5.32 Å². The molecule has 0 saturated carbocycles. The van der Waals surface area contributed by atoms with Crippen LogP contribution in [0.1, 0.15) is 43.0 Å². The standard InChI is InChI=1S/C13H19NOS/c1-2-3-5-13(6-7-14-10-13)12(15)11-4-8-16-9-11/h4,8-9,14H,2-3,5-7,10H2,1H3. The van der Waals surface area contributed by atoms with Crippen LogP contribution in [0.25, 0.3) is 0 Å². The van der Waals surface area contributed by atoms with Crippen LogP contribution in [0, 0.1) is 5.41 Å². The molecule has 0 aliphatic carbocycles. The Balaban J connectivity index is 2.15. The van der Waals surface area contributed by atoms with Crippen LogP contribution in [-0.4, -0.2) is 18.9 Å². The number of ketones is 1. The molecule has 16 heavy (non-hydrogen) atoms. The minimum Gasteiger partial charge on any atom is -0.316 e. The molecule has 2 rings (SSSR count). The summed E-state index contributed by atoms with van der Waals surface area (Å²) in [6.45, 7) is 4.03. The van der Waals surface area contributed by atoms with Crippen LogP contribution in [0.2, 0.25) is 0 Å². The van der Waals surface area contributed by atoms with E-state index in [2.05, 4.69) is 12.2 Å². The molecule has 0 aromatic carbocycles. The van der Waals surface area contributed by atoms with Crippen LogP contribution in [0.5, 0.6) is 0 Å². The predicted octanol–water partition coefficient (Wildman–Crippen LogP) is 3.10. The number of carbonyl (C=O) groups is 1. The average Bonchev–Trinajstić information content (AvgIpc) is 2.97. The first-order chi connectivity index (χ1) is 7.78. The summed E-state index contributed by atoms with van der Waals surface area (Å²) in [4.78, 5) is 12.5. The topological polar surface area (TPSA) is 29.1 Å².